The molecular weight excluding hydrogens is 164 g/mol. The molecule has 1 saturated carbocycles. The van der Waals surface area contributed by atoms with E-state index < -0.39 is 0 Å². The summed E-state index contributed by atoms with van der Waals surface area (Å²) in [5.74, 6) is 0. The van der Waals surface area contributed by atoms with E-state index in [1.54, 1.807) is 0 Å². The summed E-state index contributed by atoms with van der Waals surface area (Å²) < 4.78 is 1.93. The zero-order valence-electron chi connectivity index (χ0n) is 8.03. The number of rotatable bonds is 4. The Balaban J connectivity index is 2.01. The number of hydrogen-bond acceptors (Lipinski definition) is 2. The molecule has 0 bridgehead atoms. The Labute approximate surface area is 78.4 Å². The Bertz CT molecular complexity index is 289. The molecule has 3 heteroatoms. The highest BCUT2D eigenvalue weighted by Gasteiger charge is 2.42. The van der Waals surface area contributed by atoms with Crippen LogP contribution in [0.25, 0.3) is 0 Å². The molecule has 13 heavy (non-hydrogen) atoms. The zero-order chi connectivity index (χ0) is 9.31. The van der Waals surface area contributed by atoms with Crippen molar-refractivity contribution in [1.29, 1.82) is 0 Å². The topological polar surface area (TPSA) is 38.0 Å². The molecule has 0 amide bonds. The van der Waals surface area contributed by atoms with Crippen LogP contribution in [0.5, 0.6) is 0 Å². The molecule has 3 nitrogen and oxygen atoms in total. The van der Waals surface area contributed by atoms with Crippen LogP contribution in [0.1, 0.15) is 25.5 Å². The minimum absolute atomic E-state index is 0.187. The average Bonchev–Trinajstić information content (AvgIpc) is 2.77. The summed E-state index contributed by atoms with van der Waals surface area (Å²) >= 11 is 0. The molecule has 0 radical (unpaired) electrons. The summed E-state index contributed by atoms with van der Waals surface area (Å²) in [5.41, 5.74) is 1.31. The highest BCUT2D eigenvalue weighted by molar-refractivity contribution is 5.07. The molecule has 1 aromatic heterocycles. The molecule has 0 aromatic carbocycles. The molecule has 0 spiro atoms. The maximum Gasteiger partial charge on any atom is 0.0631 e. The molecule has 1 aromatic rings. The number of hydrogen-bond donors (Lipinski definition) is 1. The highest BCUT2D eigenvalue weighted by Crippen LogP contribution is 2.47. The fourth-order valence-corrected chi connectivity index (χ4v) is 1.63. The zero-order valence-corrected chi connectivity index (χ0v) is 8.03. The van der Waals surface area contributed by atoms with Crippen LogP contribution in [0.15, 0.2) is 12.3 Å². The molecule has 2 rings (SSSR count). The van der Waals surface area contributed by atoms with E-state index in [1.807, 2.05) is 10.9 Å². The van der Waals surface area contributed by atoms with Gasteiger partial charge >= 0.3 is 0 Å². The van der Waals surface area contributed by atoms with Crippen molar-refractivity contribution in [3.63, 3.8) is 0 Å². The first kappa shape index (κ1) is 8.75. The van der Waals surface area contributed by atoms with E-state index in [0.717, 1.165) is 31.5 Å². The van der Waals surface area contributed by atoms with E-state index in [1.165, 1.54) is 0 Å². The van der Waals surface area contributed by atoms with Gasteiger partial charge in [-0.2, -0.15) is 5.10 Å². The smallest absolute Gasteiger partial charge is 0.0631 e. The van der Waals surface area contributed by atoms with Crippen LogP contribution in [-0.2, 0) is 13.0 Å². The Kier molecular flexibility index (Phi) is 2.12. The van der Waals surface area contributed by atoms with Crippen molar-refractivity contribution in [2.45, 2.75) is 32.7 Å². The highest BCUT2D eigenvalue weighted by atomic mass is 16.3. The van der Waals surface area contributed by atoms with Crippen LogP contribution in [0, 0.1) is 5.41 Å². The number of aliphatic hydroxyl groups is 1. The normalized spacial score (nSPS) is 18.9. The van der Waals surface area contributed by atoms with Gasteiger partial charge in [-0.25, -0.2) is 0 Å². The molecule has 72 valence electrons. The Hall–Kier alpha value is -0.830. The van der Waals surface area contributed by atoms with Gasteiger partial charge in [-0.15, -0.1) is 0 Å². The predicted octanol–water partition coefficient (Wildman–Crippen LogP) is 1.22. The molecule has 1 aliphatic carbocycles. The second-order valence-corrected chi connectivity index (χ2v) is 4.00. The fourth-order valence-electron chi connectivity index (χ4n) is 1.63. The van der Waals surface area contributed by atoms with Gasteiger partial charge in [0.25, 0.3) is 0 Å². The molecule has 1 fully saturated rings. The van der Waals surface area contributed by atoms with Crippen LogP contribution in [0.2, 0.25) is 0 Å². The number of aryl methyl sites for hydroxylation is 1. The first-order chi connectivity index (χ1) is 6.28. The second-order valence-electron chi connectivity index (χ2n) is 4.00. The molecule has 0 unspecified atom stereocenters. The van der Waals surface area contributed by atoms with Gasteiger partial charge in [-0.3, -0.25) is 4.68 Å². The summed E-state index contributed by atoms with van der Waals surface area (Å²) in [6.07, 6.45) is 5.25. The molecular formula is C10H16N2O. The first-order valence-electron chi connectivity index (χ1n) is 4.91. The van der Waals surface area contributed by atoms with Crippen LogP contribution in [0.3, 0.4) is 0 Å². The lowest BCUT2D eigenvalue weighted by atomic mass is 10.0. The van der Waals surface area contributed by atoms with Crippen molar-refractivity contribution in [1.82, 2.24) is 9.78 Å². The van der Waals surface area contributed by atoms with E-state index in [9.17, 15) is 0 Å². The van der Waals surface area contributed by atoms with Crippen molar-refractivity contribution in [3.05, 3.63) is 18.0 Å². The summed E-state index contributed by atoms with van der Waals surface area (Å²) in [4.78, 5) is 0. The molecule has 0 aliphatic heterocycles. The number of nitrogens with zero attached hydrogens (tertiary/aromatic N) is 2. The Morgan fingerprint density at radius 2 is 2.38 bits per heavy atom. The van der Waals surface area contributed by atoms with E-state index in [4.69, 9.17) is 5.11 Å². The van der Waals surface area contributed by atoms with Crippen molar-refractivity contribution in [2.24, 2.45) is 5.41 Å². The summed E-state index contributed by atoms with van der Waals surface area (Å²) in [6.45, 7) is 3.31. The van der Waals surface area contributed by atoms with E-state index in [0.29, 0.717) is 6.61 Å². The van der Waals surface area contributed by atoms with E-state index >= 15 is 0 Å². The monoisotopic (exact) mass is 180 g/mol. The van der Waals surface area contributed by atoms with Gasteiger partial charge < -0.3 is 5.11 Å². The van der Waals surface area contributed by atoms with Crippen molar-refractivity contribution in [3.8, 4) is 0 Å². The second kappa shape index (κ2) is 3.14. The summed E-state index contributed by atoms with van der Waals surface area (Å²) in [5, 5.41) is 13.6. The molecule has 1 N–H and O–H groups in total. The molecule has 0 atom stereocenters. The van der Waals surface area contributed by atoms with Crippen LogP contribution in [0.4, 0.5) is 0 Å². The van der Waals surface area contributed by atoms with Gasteiger partial charge in [0.15, 0.2) is 0 Å². The van der Waals surface area contributed by atoms with Gasteiger partial charge in [0.1, 0.15) is 0 Å². The SMILES string of the molecule is CCn1ccc(CC2(CO)CC2)n1. The summed E-state index contributed by atoms with van der Waals surface area (Å²) in [7, 11) is 0. The lowest BCUT2D eigenvalue weighted by Crippen LogP contribution is -2.10. The maximum absolute atomic E-state index is 9.15. The lowest BCUT2D eigenvalue weighted by Gasteiger charge is -2.07. The molecule has 1 heterocycles. The number of aliphatic hydroxyl groups excluding tert-OH is 1. The van der Waals surface area contributed by atoms with Crippen LogP contribution < -0.4 is 0 Å². The maximum atomic E-state index is 9.15. The largest absolute Gasteiger partial charge is 0.396 e. The lowest BCUT2D eigenvalue weighted by molar-refractivity contribution is 0.210. The van der Waals surface area contributed by atoms with E-state index in [2.05, 4.69) is 18.1 Å². The van der Waals surface area contributed by atoms with E-state index in [-0.39, 0.29) is 5.41 Å². The minimum atomic E-state index is 0.187. The third-order valence-electron chi connectivity index (χ3n) is 2.87. The Morgan fingerprint density at radius 3 is 2.85 bits per heavy atom. The fraction of sp³-hybridized carbons (Fsp3) is 0.700. The average molecular weight is 180 g/mol. The van der Waals surface area contributed by atoms with Gasteiger partial charge in [-0.1, -0.05) is 0 Å². The standard InChI is InChI=1S/C10H16N2O/c1-2-12-6-3-9(11-12)7-10(8-13)4-5-10/h3,6,13H,2,4-5,7-8H2,1H3. The Morgan fingerprint density at radius 1 is 1.62 bits per heavy atom. The van der Waals surface area contributed by atoms with Crippen LogP contribution in [-0.4, -0.2) is 21.5 Å². The predicted molar refractivity (Wildman–Crippen MR) is 50.4 cm³/mol. The third kappa shape index (κ3) is 1.75. The van der Waals surface area contributed by atoms with Gasteiger partial charge in [0, 0.05) is 19.3 Å². The van der Waals surface area contributed by atoms with Gasteiger partial charge in [0.2, 0.25) is 0 Å². The molecule has 0 saturated heterocycles. The third-order valence-corrected chi connectivity index (χ3v) is 2.87. The summed E-state index contributed by atoms with van der Waals surface area (Å²) in [6, 6.07) is 2.05. The van der Waals surface area contributed by atoms with Gasteiger partial charge in [-0.05, 0) is 37.7 Å². The van der Waals surface area contributed by atoms with Crippen molar-refractivity contribution >= 4 is 0 Å². The minimum Gasteiger partial charge on any atom is -0.396 e. The first-order valence-corrected chi connectivity index (χ1v) is 4.91. The van der Waals surface area contributed by atoms with Crippen LogP contribution >= 0.6 is 0 Å². The molecule has 1 aliphatic rings. The quantitative estimate of drug-likeness (QED) is 0.756. The van der Waals surface area contributed by atoms with Crippen molar-refractivity contribution in [2.75, 3.05) is 6.61 Å². The number of aromatic nitrogens is 2. The van der Waals surface area contributed by atoms with Gasteiger partial charge in [0.05, 0.1) is 5.69 Å². The van der Waals surface area contributed by atoms with Crippen molar-refractivity contribution < 1.29 is 5.11 Å².